The predicted octanol–water partition coefficient (Wildman–Crippen LogP) is 4.21. The molecule has 1 aromatic rings. The highest BCUT2D eigenvalue weighted by Crippen LogP contribution is 2.19. The third-order valence-corrected chi connectivity index (χ3v) is 2.35. The van der Waals surface area contributed by atoms with Gasteiger partial charge in [0.05, 0.1) is 12.2 Å². The first-order chi connectivity index (χ1) is 6.63. The fourth-order valence-corrected chi connectivity index (χ4v) is 1.15. The Morgan fingerprint density at radius 3 is 2.79 bits per heavy atom. The molecule has 0 spiro atoms. The molecule has 0 amide bonds. The minimum atomic E-state index is -0.420. The lowest BCUT2D eigenvalue weighted by Crippen LogP contribution is -2.02. The van der Waals surface area contributed by atoms with E-state index in [4.69, 9.17) is 34.8 Å². The van der Waals surface area contributed by atoms with Crippen molar-refractivity contribution in [3.63, 3.8) is 0 Å². The summed E-state index contributed by atoms with van der Waals surface area (Å²) < 4.78 is 13.2. The molecule has 14 heavy (non-hydrogen) atoms. The lowest BCUT2D eigenvalue weighted by Gasteiger charge is -2.06. The monoisotopic (exact) mass is 253 g/mol. The second kappa shape index (κ2) is 5.44. The van der Waals surface area contributed by atoms with Gasteiger partial charge in [0.1, 0.15) is 5.82 Å². The average molecular weight is 255 g/mol. The van der Waals surface area contributed by atoms with Crippen LogP contribution in [0, 0.1) is 5.82 Å². The summed E-state index contributed by atoms with van der Waals surface area (Å²) in [5, 5.41) is 3.53. The van der Waals surface area contributed by atoms with Crippen LogP contribution in [0.15, 0.2) is 28.8 Å². The summed E-state index contributed by atoms with van der Waals surface area (Å²) in [5.74, 6) is -0.420. The number of nitrogens with one attached hydrogen (secondary N) is 1. The van der Waals surface area contributed by atoms with Crippen LogP contribution in [0.3, 0.4) is 0 Å². The summed E-state index contributed by atoms with van der Waals surface area (Å²) in [4.78, 5) is 0. The van der Waals surface area contributed by atoms with Gasteiger partial charge in [-0.2, -0.15) is 0 Å². The van der Waals surface area contributed by atoms with Gasteiger partial charge in [-0.15, -0.1) is 0 Å². The van der Waals surface area contributed by atoms with E-state index in [0.717, 1.165) is 0 Å². The van der Waals surface area contributed by atoms with Gasteiger partial charge in [-0.1, -0.05) is 34.8 Å². The molecule has 0 aliphatic heterocycles. The second-order valence-corrected chi connectivity index (χ2v) is 3.67. The average Bonchev–Trinajstić information content (AvgIpc) is 2.16. The zero-order valence-electron chi connectivity index (χ0n) is 7.03. The van der Waals surface area contributed by atoms with Crippen molar-refractivity contribution in [2.24, 2.45) is 0 Å². The first-order valence-corrected chi connectivity index (χ1v) is 4.96. The van der Waals surface area contributed by atoms with Crippen LogP contribution in [0.4, 0.5) is 10.1 Å². The van der Waals surface area contributed by atoms with E-state index >= 15 is 0 Å². The topological polar surface area (TPSA) is 12.0 Å². The van der Waals surface area contributed by atoms with E-state index in [9.17, 15) is 4.39 Å². The fourth-order valence-electron chi connectivity index (χ4n) is 0.851. The van der Waals surface area contributed by atoms with Crippen molar-refractivity contribution in [2.45, 2.75) is 0 Å². The van der Waals surface area contributed by atoms with Gasteiger partial charge in [-0.05, 0) is 18.2 Å². The van der Waals surface area contributed by atoms with Crippen LogP contribution in [0.1, 0.15) is 0 Å². The van der Waals surface area contributed by atoms with Crippen LogP contribution >= 0.6 is 34.8 Å². The zero-order chi connectivity index (χ0) is 10.6. The number of rotatable bonds is 3. The van der Waals surface area contributed by atoms with E-state index in [1.165, 1.54) is 17.7 Å². The van der Waals surface area contributed by atoms with Gasteiger partial charge in [0.2, 0.25) is 0 Å². The molecule has 5 heteroatoms. The molecule has 0 unspecified atom stereocenters. The van der Waals surface area contributed by atoms with E-state index in [2.05, 4.69) is 5.32 Å². The summed E-state index contributed by atoms with van der Waals surface area (Å²) >= 11 is 16.5. The third-order valence-electron chi connectivity index (χ3n) is 1.50. The van der Waals surface area contributed by atoms with Gasteiger partial charge in [0.25, 0.3) is 0 Å². The van der Waals surface area contributed by atoms with E-state index in [1.54, 1.807) is 6.07 Å². The first kappa shape index (κ1) is 11.6. The maximum absolute atomic E-state index is 13.2. The van der Waals surface area contributed by atoms with Crippen molar-refractivity contribution < 1.29 is 4.39 Å². The summed E-state index contributed by atoms with van der Waals surface area (Å²) in [6.45, 7) is 0.281. The molecule has 76 valence electrons. The van der Waals surface area contributed by atoms with Crippen LogP contribution in [0.2, 0.25) is 5.02 Å². The molecule has 1 nitrogen and oxygen atoms in total. The van der Waals surface area contributed by atoms with Crippen molar-refractivity contribution in [3.05, 3.63) is 39.6 Å². The lowest BCUT2D eigenvalue weighted by atomic mass is 10.3. The van der Waals surface area contributed by atoms with Crippen molar-refractivity contribution in [3.8, 4) is 0 Å². The Labute approximate surface area is 96.5 Å². The molecule has 0 saturated carbocycles. The van der Waals surface area contributed by atoms with Crippen LogP contribution in [-0.2, 0) is 0 Å². The Kier molecular flexibility index (Phi) is 4.52. The predicted molar refractivity (Wildman–Crippen MR) is 59.7 cm³/mol. The van der Waals surface area contributed by atoms with Crippen LogP contribution < -0.4 is 5.32 Å². The number of anilines is 1. The minimum absolute atomic E-state index is 0.281. The summed E-state index contributed by atoms with van der Waals surface area (Å²) in [6.07, 6.45) is 0. The van der Waals surface area contributed by atoms with E-state index in [0.29, 0.717) is 15.7 Å². The van der Waals surface area contributed by atoms with Crippen LogP contribution in [0.25, 0.3) is 0 Å². The van der Waals surface area contributed by atoms with Crippen molar-refractivity contribution in [1.82, 2.24) is 0 Å². The lowest BCUT2D eigenvalue weighted by molar-refractivity contribution is 0.631. The number of hydrogen-bond donors (Lipinski definition) is 1. The molecule has 0 atom stereocenters. The quantitative estimate of drug-likeness (QED) is 0.852. The van der Waals surface area contributed by atoms with Gasteiger partial charge >= 0.3 is 0 Å². The largest absolute Gasteiger partial charge is 0.378 e. The second-order valence-electron chi connectivity index (χ2n) is 2.53. The van der Waals surface area contributed by atoms with Gasteiger partial charge < -0.3 is 5.32 Å². The Morgan fingerprint density at radius 1 is 1.50 bits per heavy atom. The molecule has 0 aliphatic rings. The van der Waals surface area contributed by atoms with E-state index < -0.39 is 5.82 Å². The van der Waals surface area contributed by atoms with Gasteiger partial charge in [0, 0.05) is 15.6 Å². The van der Waals surface area contributed by atoms with Crippen molar-refractivity contribution in [2.75, 3.05) is 11.9 Å². The molecule has 0 aromatic heterocycles. The molecule has 0 fully saturated rings. The van der Waals surface area contributed by atoms with Crippen LogP contribution in [0.5, 0.6) is 0 Å². The molecule has 0 heterocycles. The van der Waals surface area contributed by atoms with Crippen molar-refractivity contribution in [1.29, 1.82) is 0 Å². The molecular formula is C9H7Cl3FN. The Hall–Kier alpha value is -0.440. The molecule has 1 N–H and O–H groups in total. The number of hydrogen-bond acceptors (Lipinski definition) is 1. The van der Waals surface area contributed by atoms with Gasteiger partial charge in [0.15, 0.2) is 0 Å². The standard InChI is InChI=1S/C9H7Cl3FN/c10-4-7(12)5-14-9-2-1-6(11)3-8(9)13/h1-4,14H,5H2. The molecular weight excluding hydrogens is 247 g/mol. The maximum atomic E-state index is 13.2. The fraction of sp³-hybridized carbons (Fsp3) is 0.111. The van der Waals surface area contributed by atoms with Crippen LogP contribution in [-0.4, -0.2) is 6.54 Å². The Bertz CT molecular complexity index is 352. The molecule has 0 bridgehead atoms. The summed E-state index contributed by atoms with van der Waals surface area (Å²) in [7, 11) is 0. The van der Waals surface area contributed by atoms with E-state index in [1.807, 2.05) is 0 Å². The number of benzene rings is 1. The Balaban J connectivity index is 2.68. The summed E-state index contributed by atoms with van der Waals surface area (Å²) in [6, 6.07) is 4.35. The summed E-state index contributed by atoms with van der Waals surface area (Å²) in [5.41, 5.74) is 1.56. The molecule has 0 aliphatic carbocycles. The maximum Gasteiger partial charge on any atom is 0.147 e. The SMILES string of the molecule is Fc1cc(Cl)ccc1NCC(Cl)=CCl. The highest BCUT2D eigenvalue weighted by molar-refractivity contribution is 6.36. The zero-order valence-corrected chi connectivity index (χ0v) is 9.30. The smallest absolute Gasteiger partial charge is 0.147 e. The minimum Gasteiger partial charge on any atom is -0.378 e. The highest BCUT2D eigenvalue weighted by Gasteiger charge is 2.02. The van der Waals surface area contributed by atoms with E-state index in [-0.39, 0.29) is 6.54 Å². The number of halogens is 4. The van der Waals surface area contributed by atoms with Crippen molar-refractivity contribution >= 4 is 40.5 Å². The molecule has 0 saturated heterocycles. The first-order valence-electron chi connectivity index (χ1n) is 3.77. The third kappa shape index (κ3) is 3.37. The van der Waals surface area contributed by atoms with Gasteiger partial charge in [-0.25, -0.2) is 4.39 Å². The molecule has 1 aromatic carbocycles. The molecule has 1 rings (SSSR count). The highest BCUT2D eigenvalue weighted by atomic mass is 35.5. The normalized spacial score (nSPS) is 11.6. The Morgan fingerprint density at radius 2 is 2.21 bits per heavy atom. The molecule has 0 radical (unpaired) electrons. The van der Waals surface area contributed by atoms with Gasteiger partial charge in [-0.3, -0.25) is 0 Å².